The number of hydrogen-bond donors (Lipinski definition) is 3. The molecule has 0 aliphatic carbocycles. The van der Waals surface area contributed by atoms with Crippen molar-refractivity contribution in [2.24, 2.45) is 0 Å². The van der Waals surface area contributed by atoms with Crippen LogP contribution in [-0.4, -0.2) is 15.9 Å². The number of anilines is 3. The van der Waals surface area contributed by atoms with Crippen molar-refractivity contribution in [2.45, 2.75) is 6.18 Å². The van der Waals surface area contributed by atoms with E-state index in [0.29, 0.717) is 6.07 Å². The minimum absolute atomic E-state index is 0.0525. The molecule has 4 N–H and O–H groups in total. The van der Waals surface area contributed by atoms with Crippen LogP contribution in [0.5, 0.6) is 11.5 Å². The van der Waals surface area contributed by atoms with Gasteiger partial charge in [0.05, 0.1) is 31.2 Å². The van der Waals surface area contributed by atoms with E-state index in [1.807, 2.05) is 0 Å². The van der Waals surface area contributed by atoms with E-state index in [2.05, 4.69) is 15.6 Å². The third kappa shape index (κ3) is 5.71. The maximum absolute atomic E-state index is 13.0. The summed E-state index contributed by atoms with van der Waals surface area (Å²) >= 11 is 17.7. The molecule has 0 unspecified atom stereocenters. The molecule has 0 bridgehead atoms. The van der Waals surface area contributed by atoms with E-state index in [4.69, 9.17) is 45.3 Å². The first-order valence-electron chi connectivity index (χ1n) is 8.87. The molecule has 9 nitrogen and oxygen atoms in total. The number of nitro groups is 1. The number of nitrogen functional groups attached to an aromatic ring is 1. The lowest BCUT2D eigenvalue weighted by molar-refractivity contribution is -0.384. The summed E-state index contributed by atoms with van der Waals surface area (Å²) in [5, 5.41) is 15.2. The second kappa shape index (κ2) is 9.79. The average molecular weight is 537 g/mol. The summed E-state index contributed by atoms with van der Waals surface area (Å²) in [7, 11) is 0. The fourth-order valence-electron chi connectivity index (χ4n) is 2.64. The molecule has 0 saturated carbocycles. The predicted molar refractivity (Wildman–Crippen MR) is 121 cm³/mol. The number of pyridine rings is 1. The predicted octanol–water partition coefficient (Wildman–Crippen LogP) is 6.99. The van der Waals surface area contributed by atoms with Gasteiger partial charge in [-0.05, 0) is 24.3 Å². The second-order valence-corrected chi connectivity index (χ2v) is 7.66. The first-order valence-corrected chi connectivity index (χ1v) is 10.0. The van der Waals surface area contributed by atoms with Gasteiger partial charge in [-0.3, -0.25) is 10.1 Å². The molecule has 3 aromatic rings. The van der Waals surface area contributed by atoms with Crippen molar-refractivity contribution >= 4 is 63.7 Å². The molecule has 1 heterocycles. The van der Waals surface area contributed by atoms with Crippen LogP contribution in [0.1, 0.15) is 5.56 Å². The summed E-state index contributed by atoms with van der Waals surface area (Å²) < 4.78 is 44.5. The van der Waals surface area contributed by atoms with Gasteiger partial charge in [-0.25, -0.2) is 9.78 Å². The molecule has 34 heavy (non-hydrogen) atoms. The van der Waals surface area contributed by atoms with Gasteiger partial charge >= 0.3 is 17.9 Å². The fourth-order valence-corrected chi connectivity index (χ4v) is 3.34. The maximum atomic E-state index is 13.0. The fraction of sp³-hybridized carbons (Fsp3) is 0.0526. The van der Waals surface area contributed by atoms with Gasteiger partial charge in [0.25, 0.3) is 0 Å². The average Bonchev–Trinajstić information content (AvgIpc) is 2.72. The van der Waals surface area contributed by atoms with E-state index < -0.39 is 39.2 Å². The number of nitrogens with two attached hydrogens (primary N) is 1. The van der Waals surface area contributed by atoms with E-state index >= 15 is 0 Å². The molecule has 15 heteroatoms. The van der Waals surface area contributed by atoms with Crippen LogP contribution in [0, 0.1) is 10.1 Å². The normalized spacial score (nSPS) is 11.1. The number of halogens is 6. The molecule has 2 aromatic carbocycles. The van der Waals surface area contributed by atoms with Gasteiger partial charge < -0.3 is 21.1 Å². The molecule has 0 radical (unpaired) electrons. The molecular weight excluding hydrogens is 526 g/mol. The lowest BCUT2D eigenvalue weighted by Gasteiger charge is -2.14. The zero-order valence-corrected chi connectivity index (χ0v) is 18.7. The number of hydrogen-bond acceptors (Lipinski definition) is 6. The van der Waals surface area contributed by atoms with Crippen molar-refractivity contribution in [1.29, 1.82) is 0 Å². The number of alkyl halides is 3. The van der Waals surface area contributed by atoms with Crippen LogP contribution < -0.4 is 21.1 Å². The molecule has 3 rings (SSSR count). The molecule has 0 aliphatic heterocycles. The molecule has 2 amide bonds. The van der Waals surface area contributed by atoms with Crippen LogP contribution in [0.2, 0.25) is 15.1 Å². The van der Waals surface area contributed by atoms with Crippen molar-refractivity contribution in [3.05, 3.63) is 73.3 Å². The Morgan fingerprint density at radius 2 is 1.74 bits per heavy atom. The Morgan fingerprint density at radius 3 is 2.38 bits per heavy atom. The smallest absolute Gasteiger partial charge is 0.417 e. The van der Waals surface area contributed by atoms with E-state index in [1.165, 1.54) is 24.4 Å². The largest absolute Gasteiger partial charge is 0.448 e. The Bertz CT molecular complexity index is 1290. The van der Waals surface area contributed by atoms with Gasteiger partial charge in [-0.1, -0.05) is 34.8 Å². The summed E-state index contributed by atoms with van der Waals surface area (Å²) in [5.74, 6) is -0.814. The van der Waals surface area contributed by atoms with E-state index in [9.17, 15) is 28.1 Å². The lowest BCUT2D eigenvalue weighted by atomic mass is 10.2. The van der Waals surface area contributed by atoms with E-state index in [1.54, 1.807) is 0 Å². The van der Waals surface area contributed by atoms with Gasteiger partial charge in [0.2, 0.25) is 11.6 Å². The second-order valence-electron chi connectivity index (χ2n) is 6.44. The first kappa shape index (κ1) is 25.1. The third-order valence-corrected chi connectivity index (χ3v) is 5.06. The molecule has 1 aromatic heterocycles. The van der Waals surface area contributed by atoms with Crippen LogP contribution in [0.4, 0.5) is 40.8 Å². The topological polar surface area (TPSA) is 132 Å². The maximum Gasteiger partial charge on any atom is 0.417 e. The molecule has 0 aliphatic rings. The van der Waals surface area contributed by atoms with Gasteiger partial charge in [0, 0.05) is 24.0 Å². The Hall–Kier alpha value is -3.48. The number of ether oxygens (including phenoxy) is 1. The summed E-state index contributed by atoms with van der Waals surface area (Å²) in [6, 6.07) is 5.38. The summed E-state index contributed by atoms with van der Waals surface area (Å²) in [6.07, 6.45) is -3.55. The Labute approximate surface area is 203 Å². The van der Waals surface area contributed by atoms with E-state index in [-0.39, 0.29) is 32.9 Å². The van der Waals surface area contributed by atoms with Crippen molar-refractivity contribution in [3.63, 3.8) is 0 Å². The zero-order valence-electron chi connectivity index (χ0n) is 16.4. The number of benzene rings is 2. The Balaban J connectivity index is 1.85. The van der Waals surface area contributed by atoms with Crippen LogP contribution in [-0.2, 0) is 6.18 Å². The number of urea groups is 1. The zero-order chi connectivity index (χ0) is 25.2. The van der Waals surface area contributed by atoms with Crippen molar-refractivity contribution in [1.82, 2.24) is 4.98 Å². The highest BCUT2D eigenvalue weighted by Crippen LogP contribution is 2.41. The summed E-state index contributed by atoms with van der Waals surface area (Å²) in [4.78, 5) is 26.4. The van der Waals surface area contributed by atoms with Crippen molar-refractivity contribution < 1.29 is 27.6 Å². The van der Waals surface area contributed by atoms with Gasteiger partial charge in [-0.15, -0.1) is 0 Å². The standard InChI is InChI=1S/C19H11Cl3F3N5O4/c20-10-2-1-8(5-9(10)19(23,24)25)28-18(31)29-13-7-15(12(22)6-11(13)21)34-14-3-4-27-17(26)16(14)30(32)33/h1-7H,(H2,26,27)(H2,28,29,31). The molecule has 0 atom stereocenters. The minimum atomic E-state index is -4.73. The number of nitrogens with one attached hydrogen (secondary N) is 2. The van der Waals surface area contributed by atoms with Gasteiger partial charge in [0.1, 0.15) is 5.75 Å². The molecule has 0 spiro atoms. The van der Waals surface area contributed by atoms with Crippen LogP contribution in [0.25, 0.3) is 0 Å². The van der Waals surface area contributed by atoms with Crippen molar-refractivity contribution in [2.75, 3.05) is 16.4 Å². The Kier molecular flexibility index (Phi) is 7.24. The lowest BCUT2D eigenvalue weighted by Crippen LogP contribution is -2.20. The number of aromatic nitrogens is 1. The number of amides is 2. The Morgan fingerprint density at radius 1 is 1.03 bits per heavy atom. The van der Waals surface area contributed by atoms with Crippen LogP contribution >= 0.6 is 34.8 Å². The number of carbonyl (C=O) groups excluding carboxylic acids is 1. The number of nitrogens with zero attached hydrogens (tertiary/aromatic N) is 2. The number of carbonyl (C=O) groups is 1. The van der Waals surface area contributed by atoms with Crippen molar-refractivity contribution in [3.8, 4) is 11.5 Å². The summed E-state index contributed by atoms with van der Waals surface area (Å²) in [6.45, 7) is 0. The quantitative estimate of drug-likeness (QED) is 0.238. The highest BCUT2D eigenvalue weighted by molar-refractivity contribution is 6.37. The minimum Gasteiger partial charge on any atom is -0.448 e. The molecule has 0 fully saturated rings. The molecule has 178 valence electrons. The molecule has 0 saturated heterocycles. The van der Waals surface area contributed by atoms with Gasteiger partial charge in [-0.2, -0.15) is 13.2 Å². The highest BCUT2D eigenvalue weighted by Gasteiger charge is 2.33. The van der Waals surface area contributed by atoms with E-state index in [0.717, 1.165) is 12.1 Å². The van der Waals surface area contributed by atoms with Crippen LogP contribution in [0.3, 0.4) is 0 Å². The van der Waals surface area contributed by atoms with Gasteiger partial charge in [0.15, 0.2) is 0 Å². The third-order valence-electron chi connectivity index (χ3n) is 4.12. The SMILES string of the molecule is Nc1nccc(Oc2cc(NC(=O)Nc3ccc(Cl)c(C(F)(F)F)c3)c(Cl)cc2Cl)c1[N+](=O)[O-]. The molecular formula is C19H11Cl3F3N5O4. The first-order chi connectivity index (χ1) is 15.9. The monoisotopic (exact) mass is 535 g/mol. The highest BCUT2D eigenvalue weighted by atomic mass is 35.5. The summed E-state index contributed by atoms with van der Waals surface area (Å²) in [5.41, 5.74) is 3.52. The number of rotatable bonds is 5. The van der Waals surface area contributed by atoms with Crippen LogP contribution in [0.15, 0.2) is 42.6 Å².